The number of fused-ring (bicyclic) bond motifs is 1. The fourth-order valence-electron chi connectivity index (χ4n) is 6.12. The van der Waals surface area contributed by atoms with Crippen LogP contribution in [0.4, 0.5) is 0 Å². The van der Waals surface area contributed by atoms with Crippen LogP contribution in [0.15, 0.2) is 58.2 Å². The maximum Gasteiger partial charge on any atom is 0.277 e. The molecule has 1 saturated carbocycles. The lowest BCUT2D eigenvalue weighted by Gasteiger charge is -2.34. The van der Waals surface area contributed by atoms with E-state index in [1.54, 1.807) is 22.7 Å². The summed E-state index contributed by atoms with van der Waals surface area (Å²) >= 11 is 0. The maximum atomic E-state index is 14.1. The summed E-state index contributed by atoms with van der Waals surface area (Å²) in [6.07, 6.45) is 5.93. The van der Waals surface area contributed by atoms with Gasteiger partial charge in [0, 0.05) is 12.5 Å². The highest BCUT2D eigenvalue weighted by Crippen LogP contribution is 2.36. The summed E-state index contributed by atoms with van der Waals surface area (Å²) in [4.78, 5) is 21.0. The van der Waals surface area contributed by atoms with Crippen LogP contribution < -0.4 is 10.3 Å². The van der Waals surface area contributed by atoms with E-state index in [0.29, 0.717) is 48.7 Å². The molecule has 1 aliphatic heterocycles. The van der Waals surface area contributed by atoms with Crippen molar-refractivity contribution in [3.05, 3.63) is 76.0 Å². The number of aryl methyl sites for hydroxylation is 1. The van der Waals surface area contributed by atoms with Gasteiger partial charge in [-0.25, -0.2) is 17.9 Å². The van der Waals surface area contributed by atoms with Crippen molar-refractivity contribution < 1.29 is 17.9 Å². The molecule has 2 aliphatic rings. The molecule has 230 valence electrons. The Labute approximate surface area is 253 Å². The summed E-state index contributed by atoms with van der Waals surface area (Å²) in [6.45, 7) is 4.73. The van der Waals surface area contributed by atoms with Crippen molar-refractivity contribution in [2.24, 2.45) is 0 Å². The molecule has 11 heteroatoms. The molecular formula is C32H41N5O5S. The summed E-state index contributed by atoms with van der Waals surface area (Å²) in [7, 11) is -3.93. The molecule has 1 saturated heterocycles. The molecule has 1 atom stereocenters. The van der Waals surface area contributed by atoms with Gasteiger partial charge in [-0.3, -0.25) is 4.79 Å². The third kappa shape index (κ3) is 6.11. The minimum absolute atomic E-state index is 0. The summed E-state index contributed by atoms with van der Waals surface area (Å²) < 4.78 is 43.3. The summed E-state index contributed by atoms with van der Waals surface area (Å²) in [5.41, 5.74) is 2.11. The molecule has 2 aromatic carbocycles. The van der Waals surface area contributed by atoms with Crippen molar-refractivity contribution in [2.45, 2.75) is 89.9 Å². The number of piperidine rings is 1. The van der Waals surface area contributed by atoms with Gasteiger partial charge in [0.1, 0.15) is 17.8 Å². The van der Waals surface area contributed by atoms with E-state index in [-0.39, 0.29) is 29.6 Å². The van der Waals surface area contributed by atoms with Gasteiger partial charge in [0.05, 0.1) is 29.4 Å². The number of rotatable bonds is 9. The fraction of sp³-hybridized carbons (Fsp3) is 0.469. The van der Waals surface area contributed by atoms with Crippen LogP contribution in [-0.4, -0.2) is 51.7 Å². The predicted octanol–water partition coefficient (Wildman–Crippen LogP) is 5.80. The zero-order valence-electron chi connectivity index (χ0n) is 24.1. The first-order valence-electron chi connectivity index (χ1n) is 14.8. The van der Waals surface area contributed by atoms with Crippen molar-refractivity contribution in [3.8, 4) is 17.1 Å². The van der Waals surface area contributed by atoms with E-state index in [4.69, 9.17) is 19.6 Å². The number of ether oxygens (including phenoxy) is 2. The molecule has 1 aliphatic carbocycles. The molecule has 2 aromatic heterocycles. The molecule has 0 radical (unpaired) electrons. The molecule has 0 bridgehead atoms. The lowest BCUT2D eigenvalue weighted by Crippen LogP contribution is -2.45. The molecule has 0 spiro atoms. The molecule has 3 heterocycles. The summed E-state index contributed by atoms with van der Waals surface area (Å²) in [5.74, 6) is 1.69. The van der Waals surface area contributed by atoms with Crippen molar-refractivity contribution in [1.82, 2.24) is 23.9 Å². The van der Waals surface area contributed by atoms with Crippen molar-refractivity contribution >= 4 is 15.5 Å². The first kappa shape index (κ1) is 30.9. The zero-order valence-corrected chi connectivity index (χ0v) is 24.9. The standard InChI is InChI=1S/C31H37N5O5S.CH4/c1-3-40-26-17-16-24(42(38,39)35-18-10-9-15-27(35)41-20-22-11-5-4-6-12-22)19-25(26)29-33-31(37)28-21(2)32-30(36(28)34-29)23-13-7-8-14-23;/h4-6,11-12,16-17,19,23,27H,3,7-10,13-15,18,20H2,1-2H3,(H,33,34,37);1H4. The van der Waals surface area contributed by atoms with Gasteiger partial charge in [-0.2, -0.15) is 4.31 Å². The topological polar surface area (TPSA) is 119 Å². The predicted molar refractivity (Wildman–Crippen MR) is 166 cm³/mol. The summed E-state index contributed by atoms with van der Waals surface area (Å²) in [6, 6.07) is 14.5. The highest BCUT2D eigenvalue weighted by molar-refractivity contribution is 7.89. The van der Waals surface area contributed by atoms with E-state index in [2.05, 4.69) is 4.98 Å². The number of H-pyrrole nitrogens is 1. The lowest BCUT2D eigenvalue weighted by atomic mass is 10.1. The fourth-order valence-corrected chi connectivity index (χ4v) is 7.74. The largest absolute Gasteiger partial charge is 0.493 e. The Bertz CT molecular complexity index is 1730. The number of aromatic nitrogens is 4. The van der Waals surface area contributed by atoms with Crippen LogP contribution in [0.5, 0.6) is 5.75 Å². The van der Waals surface area contributed by atoms with Crippen LogP contribution in [0.25, 0.3) is 16.9 Å². The first-order valence-corrected chi connectivity index (χ1v) is 16.2. The summed E-state index contributed by atoms with van der Waals surface area (Å²) in [5, 5.41) is 4.81. The Morgan fingerprint density at radius 2 is 1.77 bits per heavy atom. The number of hydrogen-bond donors (Lipinski definition) is 1. The zero-order chi connectivity index (χ0) is 29.3. The Morgan fingerprint density at radius 1 is 1.02 bits per heavy atom. The van der Waals surface area contributed by atoms with E-state index in [9.17, 15) is 13.2 Å². The van der Waals surface area contributed by atoms with Crippen molar-refractivity contribution in [3.63, 3.8) is 0 Å². The minimum Gasteiger partial charge on any atom is -0.493 e. The van der Waals surface area contributed by atoms with Crippen molar-refractivity contribution in [2.75, 3.05) is 13.2 Å². The Hall–Kier alpha value is -3.54. The van der Waals surface area contributed by atoms with Crippen LogP contribution in [0, 0.1) is 6.92 Å². The minimum atomic E-state index is -3.93. The van der Waals surface area contributed by atoms with Gasteiger partial charge < -0.3 is 14.5 Å². The van der Waals surface area contributed by atoms with E-state index in [1.165, 1.54) is 4.31 Å². The Kier molecular flexibility index (Phi) is 9.33. The molecule has 4 aromatic rings. The van der Waals surface area contributed by atoms with Gasteiger partial charge in [-0.05, 0) is 69.7 Å². The molecule has 2 fully saturated rings. The van der Waals surface area contributed by atoms with Gasteiger partial charge in [0.25, 0.3) is 5.56 Å². The van der Waals surface area contributed by atoms with Gasteiger partial charge in [0.2, 0.25) is 10.0 Å². The average molecular weight is 608 g/mol. The average Bonchev–Trinajstić information content (AvgIpc) is 3.65. The highest BCUT2D eigenvalue weighted by atomic mass is 32.2. The van der Waals surface area contributed by atoms with Crippen LogP contribution >= 0.6 is 0 Å². The maximum absolute atomic E-state index is 14.1. The second-order valence-corrected chi connectivity index (χ2v) is 12.9. The lowest BCUT2D eigenvalue weighted by molar-refractivity contribution is -0.0486. The van der Waals surface area contributed by atoms with Gasteiger partial charge in [-0.15, -0.1) is 5.10 Å². The van der Waals surface area contributed by atoms with Gasteiger partial charge >= 0.3 is 0 Å². The van der Waals surface area contributed by atoms with E-state index >= 15 is 0 Å². The number of sulfonamides is 1. The SMILES string of the molecule is C.CCOc1ccc(S(=O)(=O)N2CCCCC2OCc2ccccc2)cc1-c1nn2c(C3CCCC3)nc(C)c2c(=O)[nH]1. The molecule has 6 rings (SSSR count). The van der Waals surface area contributed by atoms with Gasteiger partial charge in [0.15, 0.2) is 11.3 Å². The Morgan fingerprint density at radius 3 is 2.51 bits per heavy atom. The molecule has 1 unspecified atom stereocenters. The number of imidazole rings is 1. The normalized spacial score (nSPS) is 18.1. The molecular weight excluding hydrogens is 566 g/mol. The van der Waals surface area contributed by atoms with Gasteiger partial charge in [-0.1, -0.05) is 50.6 Å². The van der Waals surface area contributed by atoms with Crippen molar-refractivity contribution in [1.29, 1.82) is 0 Å². The molecule has 43 heavy (non-hydrogen) atoms. The van der Waals surface area contributed by atoms with Crippen LogP contribution in [0.2, 0.25) is 0 Å². The first-order chi connectivity index (χ1) is 20.4. The third-order valence-corrected chi connectivity index (χ3v) is 10.1. The number of nitrogens with zero attached hydrogens (tertiary/aromatic N) is 4. The molecule has 10 nitrogen and oxygen atoms in total. The van der Waals surface area contributed by atoms with Crippen LogP contribution in [0.1, 0.15) is 82.3 Å². The number of hydrogen-bond acceptors (Lipinski definition) is 7. The van der Waals surface area contributed by atoms with E-state index in [0.717, 1.165) is 49.9 Å². The Balaban J connectivity index is 0.00000368. The monoisotopic (exact) mass is 607 g/mol. The molecule has 1 N–H and O–H groups in total. The molecule has 0 amide bonds. The number of benzene rings is 2. The number of nitrogens with one attached hydrogen (secondary N) is 1. The number of aromatic amines is 1. The smallest absolute Gasteiger partial charge is 0.277 e. The second-order valence-electron chi connectivity index (χ2n) is 11.1. The highest BCUT2D eigenvalue weighted by Gasteiger charge is 2.35. The van der Waals surface area contributed by atoms with Crippen LogP contribution in [-0.2, 0) is 21.4 Å². The van der Waals surface area contributed by atoms with E-state index < -0.39 is 16.3 Å². The van der Waals surface area contributed by atoms with E-state index in [1.807, 2.05) is 44.2 Å². The quantitative estimate of drug-likeness (QED) is 0.255. The second kappa shape index (κ2) is 13.0. The van der Waals surface area contributed by atoms with Crippen LogP contribution in [0.3, 0.4) is 0 Å². The third-order valence-electron chi connectivity index (χ3n) is 8.22.